The van der Waals surface area contributed by atoms with Crippen molar-refractivity contribution in [3.8, 4) is 0 Å². The molecule has 1 saturated carbocycles. The Morgan fingerprint density at radius 2 is 1.61 bits per heavy atom. The van der Waals surface area contributed by atoms with Crippen LogP contribution in [0.3, 0.4) is 0 Å². The molecule has 0 nitrogen and oxygen atoms in total. The largest absolute Gasteiger partial charge is 0.0678 e. The minimum atomic E-state index is -0.940. The highest BCUT2D eigenvalue weighted by molar-refractivity contribution is 6.79. The van der Waals surface area contributed by atoms with Crippen molar-refractivity contribution in [1.82, 2.24) is 0 Å². The third kappa shape index (κ3) is 2.42. The smallest absolute Gasteiger partial charge is 0.0530 e. The van der Waals surface area contributed by atoms with Gasteiger partial charge in [-0.1, -0.05) is 82.2 Å². The van der Waals surface area contributed by atoms with Gasteiger partial charge in [-0.05, 0) is 23.3 Å². The Hall–Kier alpha value is -0.563. The molecule has 1 aromatic rings. The maximum Gasteiger partial charge on any atom is 0.0530 e. The molecular formula is C17H28Si. The van der Waals surface area contributed by atoms with E-state index in [2.05, 4.69) is 58.0 Å². The van der Waals surface area contributed by atoms with E-state index in [0.29, 0.717) is 5.41 Å². The Labute approximate surface area is 114 Å². The fraction of sp³-hybridized carbons (Fsp3) is 0.647. The zero-order chi connectivity index (χ0) is 13.2. The number of hydrogen-bond acceptors (Lipinski definition) is 0. The van der Waals surface area contributed by atoms with Crippen LogP contribution in [0.2, 0.25) is 24.2 Å². The van der Waals surface area contributed by atoms with Gasteiger partial charge in [-0.25, -0.2) is 0 Å². The molecule has 0 radical (unpaired) electrons. The fourth-order valence-electron chi connectivity index (χ4n) is 3.63. The third-order valence-corrected chi connectivity index (χ3v) is 11.6. The highest BCUT2D eigenvalue weighted by atomic mass is 28.3. The molecular weight excluding hydrogens is 232 g/mol. The first-order chi connectivity index (χ1) is 8.60. The van der Waals surface area contributed by atoms with E-state index in [1.54, 1.807) is 11.6 Å². The molecule has 0 bridgehead atoms. The SMILES string of the molecule is CC[Si](CC)(CC)CC1CC1(C)c1ccccc1. The lowest BCUT2D eigenvalue weighted by Crippen LogP contribution is -2.32. The van der Waals surface area contributed by atoms with E-state index in [4.69, 9.17) is 0 Å². The summed E-state index contributed by atoms with van der Waals surface area (Å²) >= 11 is 0. The fourth-order valence-corrected chi connectivity index (χ4v) is 7.63. The van der Waals surface area contributed by atoms with Crippen molar-refractivity contribution in [2.24, 2.45) is 5.92 Å². The highest BCUT2D eigenvalue weighted by Gasteiger charge is 2.53. The molecule has 2 atom stereocenters. The molecule has 1 heteroatoms. The lowest BCUT2D eigenvalue weighted by Gasteiger charge is -2.29. The summed E-state index contributed by atoms with van der Waals surface area (Å²) in [5.74, 6) is 0.964. The zero-order valence-corrected chi connectivity index (χ0v) is 13.5. The Balaban J connectivity index is 2.07. The van der Waals surface area contributed by atoms with Gasteiger partial charge in [0.05, 0.1) is 8.07 Å². The Morgan fingerprint density at radius 3 is 2.11 bits per heavy atom. The summed E-state index contributed by atoms with van der Waals surface area (Å²) in [5.41, 5.74) is 2.07. The molecule has 18 heavy (non-hydrogen) atoms. The van der Waals surface area contributed by atoms with Crippen LogP contribution in [0.1, 0.15) is 39.7 Å². The van der Waals surface area contributed by atoms with Crippen LogP contribution in [0.15, 0.2) is 30.3 Å². The summed E-state index contributed by atoms with van der Waals surface area (Å²) in [7, 11) is -0.940. The van der Waals surface area contributed by atoms with E-state index in [1.807, 2.05) is 0 Å². The second kappa shape index (κ2) is 5.20. The molecule has 1 aromatic carbocycles. The van der Waals surface area contributed by atoms with Crippen molar-refractivity contribution in [3.05, 3.63) is 35.9 Å². The predicted octanol–water partition coefficient (Wildman–Crippen LogP) is 5.47. The number of hydrogen-bond donors (Lipinski definition) is 0. The average molecular weight is 260 g/mol. The molecule has 2 unspecified atom stereocenters. The summed E-state index contributed by atoms with van der Waals surface area (Å²) in [5, 5.41) is 0. The van der Waals surface area contributed by atoms with Crippen LogP contribution >= 0.6 is 0 Å². The van der Waals surface area contributed by atoms with E-state index in [-0.39, 0.29) is 0 Å². The lowest BCUT2D eigenvalue weighted by atomic mass is 9.96. The summed E-state index contributed by atoms with van der Waals surface area (Å²) in [6, 6.07) is 17.2. The van der Waals surface area contributed by atoms with Gasteiger partial charge < -0.3 is 0 Å². The summed E-state index contributed by atoms with van der Waals surface area (Å²) < 4.78 is 0. The number of rotatable bonds is 6. The minimum absolute atomic E-state index is 0.499. The molecule has 0 heterocycles. The second-order valence-corrected chi connectivity index (χ2v) is 12.0. The number of benzene rings is 1. The maximum atomic E-state index is 2.48. The van der Waals surface area contributed by atoms with Gasteiger partial charge in [0, 0.05) is 0 Å². The van der Waals surface area contributed by atoms with Gasteiger partial charge in [0.2, 0.25) is 0 Å². The molecule has 0 amide bonds. The van der Waals surface area contributed by atoms with Crippen molar-refractivity contribution in [1.29, 1.82) is 0 Å². The van der Waals surface area contributed by atoms with Crippen LogP contribution in [-0.2, 0) is 5.41 Å². The average Bonchev–Trinajstić information content (AvgIpc) is 3.09. The zero-order valence-electron chi connectivity index (χ0n) is 12.5. The quantitative estimate of drug-likeness (QED) is 0.595. The van der Waals surface area contributed by atoms with Crippen molar-refractivity contribution in [2.75, 3.05) is 0 Å². The third-order valence-electron chi connectivity index (χ3n) is 5.77. The van der Waals surface area contributed by atoms with Gasteiger partial charge in [0.1, 0.15) is 0 Å². The van der Waals surface area contributed by atoms with Crippen LogP contribution in [0, 0.1) is 5.92 Å². The van der Waals surface area contributed by atoms with Crippen molar-refractivity contribution in [3.63, 3.8) is 0 Å². The minimum Gasteiger partial charge on any atom is -0.0678 e. The molecule has 2 rings (SSSR count). The predicted molar refractivity (Wildman–Crippen MR) is 83.9 cm³/mol. The molecule has 1 fully saturated rings. The first-order valence-corrected chi connectivity index (χ1v) is 10.5. The van der Waals surface area contributed by atoms with Gasteiger partial charge in [0.15, 0.2) is 0 Å². The van der Waals surface area contributed by atoms with Crippen LogP contribution in [0.5, 0.6) is 0 Å². The molecule has 0 aliphatic heterocycles. The van der Waals surface area contributed by atoms with E-state index < -0.39 is 8.07 Å². The van der Waals surface area contributed by atoms with E-state index in [0.717, 1.165) is 5.92 Å². The monoisotopic (exact) mass is 260 g/mol. The second-order valence-electron chi connectivity index (χ2n) is 6.45. The molecule has 0 saturated heterocycles. The van der Waals surface area contributed by atoms with Crippen LogP contribution in [0.25, 0.3) is 0 Å². The Kier molecular flexibility index (Phi) is 4.01. The van der Waals surface area contributed by atoms with Gasteiger partial charge >= 0.3 is 0 Å². The van der Waals surface area contributed by atoms with Gasteiger partial charge in [0.25, 0.3) is 0 Å². The van der Waals surface area contributed by atoms with Crippen LogP contribution in [-0.4, -0.2) is 8.07 Å². The molecule has 1 aliphatic rings. The lowest BCUT2D eigenvalue weighted by molar-refractivity contribution is 0.691. The van der Waals surface area contributed by atoms with Crippen molar-refractivity contribution < 1.29 is 0 Å². The van der Waals surface area contributed by atoms with Crippen molar-refractivity contribution >= 4 is 8.07 Å². The van der Waals surface area contributed by atoms with E-state index in [1.165, 1.54) is 24.6 Å². The van der Waals surface area contributed by atoms with Crippen LogP contribution in [0.4, 0.5) is 0 Å². The summed E-state index contributed by atoms with van der Waals surface area (Å²) in [6.45, 7) is 9.78. The summed E-state index contributed by atoms with van der Waals surface area (Å²) in [6.07, 6.45) is 1.42. The normalized spacial score (nSPS) is 27.2. The first kappa shape index (κ1) is 13.9. The van der Waals surface area contributed by atoms with Gasteiger partial charge in [-0.3, -0.25) is 0 Å². The molecule has 100 valence electrons. The van der Waals surface area contributed by atoms with E-state index >= 15 is 0 Å². The molecule has 0 spiro atoms. The molecule has 0 N–H and O–H groups in total. The van der Waals surface area contributed by atoms with Gasteiger partial charge in [-0.2, -0.15) is 0 Å². The topological polar surface area (TPSA) is 0 Å². The standard InChI is InChI=1S/C17H28Si/c1-5-18(6-2,7-3)14-16-13-17(16,4)15-11-9-8-10-12-15/h8-12,16H,5-7,13-14H2,1-4H3. The van der Waals surface area contributed by atoms with E-state index in [9.17, 15) is 0 Å². The van der Waals surface area contributed by atoms with Crippen LogP contribution < -0.4 is 0 Å². The molecule has 0 aromatic heterocycles. The maximum absolute atomic E-state index is 2.48. The molecule has 1 aliphatic carbocycles. The Bertz CT molecular complexity index is 372. The van der Waals surface area contributed by atoms with Crippen molar-refractivity contribution in [2.45, 2.75) is 63.7 Å². The van der Waals surface area contributed by atoms with Gasteiger partial charge in [-0.15, -0.1) is 0 Å². The summed E-state index contributed by atoms with van der Waals surface area (Å²) in [4.78, 5) is 0. The highest BCUT2D eigenvalue weighted by Crippen LogP contribution is 2.58. The Morgan fingerprint density at radius 1 is 1.06 bits per heavy atom. The first-order valence-electron chi connectivity index (χ1n) is 7.65.